The first-order valence-corrected chi connectivity index (χ1v) is 7.92. The minimum atomic E-state index is -4.75. The first kappa shape index (κ1) is 19.7. The number of carbonyl (C=O) groups excluding carboxylic acids is 1. The highest BCUT2D eigenvalue weighted by Crippen LogP contribution is 2.25. The van der Waals surface area contributed by atoms with Gasteiger partial charge in [0.15, 0.2) is 0 Å². The SMILES string of the molecule is CN(C)Cc1ccc(CNC(=O)Cn2cccc(C(F)(F)F)c2=O)cc1. The summed E-state index contributed by atoms with van der Waals surface area (Å²) in [5.74, 6) is -0.538. The van der Waals surface area contributed by atoms with Gasteiger partial charge in [-0.05, 0) is 37.4 Å². The molecule has 0 aliphatic carbocycles. The van der Waals surface area contributed by atoms with Crippen molar-refractivity contribution in [3.05, 3.63) is 69.6 Å². The van der Waals surface area contributed by atoms with E-state index in [2.05, 4.69) is 5.32 Å². The number of pyridine rings is 1. The lowest BCUT2D eigenvalue weighted by atomic mass is 10.1. The first-order valence-electron chi connectivity index (χ1n) is 7.92. The first-order chi connectivity index (χ1) is 12.2. The van der Waals surface area contributed by atoms with Crippen LogP contribution in [-0.2, 0) is 30.6 Å². The summed E-state index contributed by atoms with van der Waals surface area (Å²) in [7, 11) is 3.92. The monoisotopic (exact) mass is 367 g/mol. The Morgan fingerprint density at radius 3 is 2.31 bits per heavy atom. The molecule has 0 atom stereocenters. The lowest BCUT2D eigenvalue weighted by Crippen LogP contribution is -2.34. The van der Waals surface area contributed by atoms with Crippen molar-refractivity contribution in [2.24, 2.45) is 0 Å². The third-order valence-corrected chi connectivity index (χ3v) is 3.65. The van der Waals surface area contributed by atoms with Gasteiger partial charge in [0, 0.05) is 19.3 Å². The van der Waals surface area contributed by atoms with Crippen molar-refractivity contribution < 1.29 is 18.0 Å². The van der Waals surface area contributed by atoms with Crippen molar-refractivity contribution in [3.63, 3.8) is 0 Å². The van der Waals surface area contributed by atoms with Crippen molar-refractivity contribution in [3.8, 4) is 0 Å². The van der Waals surface area contributed by atoms with Gasteiger partial charge in [-0.2, -0.15) is 13.2 Å². The number of benzene rings is 1. The van der Waals surface area contributed by atoms with E-state index >= 15 is 0 Å². The molecule has 1 N–H and O–H groups in total. The zero-order chi connectivity index (χ0) is 19.3. The Balaban J connectivity index is 1.96. The van der Waals surface area contributed by atoms with Gasteiger partial charge >= 0.3 is 6.18 Å². The van der Waals surface area contributed by atoms with Crippen molar-refractivity contribution in [1.29, 1.82) is 0 Å². The second-order valence-corrected chi connectivity index (χ2v) is 6.18. The zero-order valence-corrected chi connectivity index (χ0v) is 14.5. The van der Waals surface area contributed by atoms with E-state index in [1.54, 1.807) is 0 Å². The largest absolute Gasteiger partial charge is 0.421 e. The maximum absolute atomic E-state index is 12.7. The molecule has 0 radical (unpaired) electrons. The number of hydrogen-bond donors (Lipinski definition) is 1. The topological polar surface area (TPSA) is 54.3 Å². The molecule has 0 aliphatic heterocycles. The van der Waals surface area contributed by atoms with E-state index < -0.39 is 29.8 Å². The highest BCUT2D eigenvalue weighted by molar-refractivity contribution is 5.75. The van der Waals surface area contributed by atoms with Gasteiger partial charge < -0.3 is 14.8 Å². The molecule has 0 bridgehead atoms. The van der Waals surface area contributed by atoms with E-state index in [1.165, 1.54) is 0 Å². The number of carbonyl (C=O) groups is 1. The molecule has 0 aliphatic rings. The van der Waals surface area contributed by atoms with E-state index in [1.807, 2.05) is 43.3 Å². The lowest BCUT2D eigenvalue weighted by Gasteiger charge is -2.12. The zero-order valence-electron chi connectivity index (χ0n) is 14.5. The fourth-order valence-electron chi connectivity index (χ4n) is 2.42. The summed E-state index contributed by atoms with van der Waals surface area (Å²) in [6.45, 7) is 0.557. The minimum Gasteiger partial charge on any atom is -0.350 e. The van der Waals surface area contributed by atoms with Gasteiger partial charge in [0.25, 0.3) is 5.56 Å². The van der Waals surface area contributed by atoms with Gasteiger partial charge in [0.2, 0.25) is 5.91 Å². The van der Waals surface area contributed by atoms with Crippen LogP contribution in [0.1, 0.15) is 16.7 Å². The fourth-order valence-corrected chi connectivity index (χ4v) is 2.42. The van der Waals surface area contributed by atoms with Gasteiger partial charge in [0.05, 0.1) is 0 Å². The summed E-state index contributed by atoms with van der Waals surface area (Å²) in [6, 6.07) is 9.43. The van der Waals surface area contributed by atoms with Crippen LogP contribution in [0.25, 0.3) is 0 Å². The third kappa shape index (κ3) is 5.45. The summed E-state index contributed by atoms with van der Waals surface area (Å²) < 4.78 is 38.9. The Hall–Kier alpha value is -2.61. The number of rotatable bonds is 6. The van der Waals surface area contributed by atoms with E-state index in [9.17, 15) is 22.8 Å². The van der Waals surface area contributed by atoms with Crippen LogP contribution in [0.2, 0.25) is 0 Å². The van der Waals surface area contributed by atoms with Crippen LogP contribution >= 0.6 is 0 Å². The van der Waals surface area contributed by atoms with Crippen LogP contribution in [-0.4, -0.2) is 29.5 Å². The molecule has 1 aromatic carbocycles. The van der Waals surface area contributed by atoms with Crippen molar-refractivity contribution in [2.75, 3.05) is 14.1 Å². The molecular weight excluding hydrogens is 347 g/mol. The summed E-state index contributed by atoms with van der Waals surface area (Å²) in [4.78, 5) is 25.8. The molecule has 0 unspecified atom stereocenters. The number of hydrogen-bond acceptors (Lipinski definition) is 3. The average Bonchev–Trinajstić information content (AvgIpc) is 2.54. The Morgan fingerprint density at radius 2 is 1.73 bits per heavy atom. The van der Waals surface area contributed by atoms with Crippen LogP contribution in [0.4, 0.5) is 13.2 Å². The van der Waals surface area contributed by atoms with E-state index in [0.717, 1.165) is 34.5 Å². The smallest absolute Gasteiger partial charge is 0.350 e. The van der Waals surface area contributed by atoms with E-state index in [4.69, 9.17) is 0 Å². The molecule has 2 rings (SSSR count). The molecule has 0 saturated heterocycles. The minimum absolute atomic E-state index is 0.231. The van der Waals surface area contributed by atoms with Crippen molar-refractivity contribution in [2.45, 2.75) is 25.8 Å². The second kappa shape index (κ2) is 8.18. The van der Waals surface area contributed by atoms with Crippen LogP contribution in [0.5, 0.6) is 0 Å². The number of nitrogens with one attached hydrogen (secondary N) is 1. The molecule has 26 heavy (non-hydrogen) atoms. The molecule has 0 spiro atoms. The maximum Gasteiger partial charge on any atom is 0.421 e. The second-order valence-electron chi connectivity index (χ2n) is 6.18. The summed E-state index contributed by atoms with van der Waals surface area (Å²) in [5, 5.41) is 2.60. The summed E-state index contributed by atoms with van der Waals surface area (Å²) >= 11 is 0. The Morgan fingerprint density at radius 1 is 1.12 bits per heavy atom. The number of aromatic nitrogens is 1. The number of halogens is 3. The average molecular weight is 367 g/mol. The predicted molar refractivity (Wildman–Crippen MR) is 91.4 cm³/mol. The van der Waals surface area contributed by atoms with Crippen molar-refractivity contribution in [1.82, 2.24) is 14.8 Å². The fraction of sp³-hybridized carbons (Fsp3) is 0.333. The quantitative estimate of drug-likeness (QED) is 0.852. The number of amides is 1. The van der Waals surface area contributed by atoms with Gasteiger partial charge in [-0.3, -0.25) is 9.59 Å². The molecular formula is C18H20F3N3O2. The van der Waals surface area contributed by atoms with Crippen molar-refractivity contribution >= 4 is 5.91 Å². The lowest BCUT2D eigenvalue weighted by molar-refractivity contribution is -0.139. The van der Waals surface area contributed by atoms with Gasteiger partial charge in [-0.25, -0.2) is 0 Å². The third-order valence-electron chi connectivity index (χ3n) is 3.65. The summed E-state index contributed by atoms with van der Waals surface area (Å²) in [6.07, 6.45) is -3.59. The molecule has 2 aromatic rings. The van der Waals surface area contributed by atoms with Gasteiger partial charge in [-0.15, -0.1) is 0 Å². The Kier molecular flexibility index (Phi) is 6.20. The summed E-state index contributed by atoms with van der Waals surface area (Å²) in [5.41, 5.74) is -0.537. The standard InChI is InChI=1S/C18H20F3N3O2/c1-23(2)11-14-7-5-13(6-8-14)10-22-16(25)12-24-9-3-4-15(17(24)26)18(19,20)21/h3-9H,10-12H2,1-2H3,(H,22,25). The molecule has 8 heteroatoms. The number of alkyl halides is 3. The predicted octanol–water partition coefficient (Wildman–Crippen LogP) is 2.25. The Labute approximate surface area is 149 Å². The maximum atomic E-state index is 12.7. The van der Waals surface area contributed by atoms with E-state index in [-0.39, 0.29) is 6.54 Å². The van der Waals surface area contributed by atoms with Gasteiger partial charge in [-0.1, -0.05) is 24.3 Å². The molecule has 140 valence electrons. The molecule has 1 amide bonds. The Bertz CT molecular complexity index is 812. The van der Waals surface area contributed by atoms with Crippen LogP contribution in [0, 0.1) is 0 Å². The molecule has 0 fully saturated rings. The van der Waals surface area contributed by atoms with E-state index in [0.29, 0.717) is 6.07 Å². The molecule has 0 saturated carbocycles. The number of nitrogens with zero attached hydrogens (tertiary/aromatic N) is 2. The molecule has 1 heterocycles. The van der Waals surface area contributed by atoms with Crippen LogP contribution < -0.4 is 10.9 Å². The van der Waals surface area contributed by atoms with Gasteiger partial charge in [0.1, 0.15) is 12.1 Å². The molecule has 1 aromatic heterocycles. The normalized spacial score (nSPS) is 11.6. The highest BCUT2D eigenvalue weighted by atomic mass is 19.4. The van der Waals surface area contributed by atoms with Crippen LogP contribution in [0.3, 0.4) is 0 Å². The highest BCUT2D eigenvalue weighted by Gasteiger charge is 2.34. The molecule has 5 nitrogen and oxygen atoms in total. The van der Waals surface area contributed by atoms with Crippen LogP contribution in [0.15, 0.2) is 47.4 Å².